The van der Waals surface area contributed by atoms with Gasteiger partial charge < -0.3 is 9.67 Å². The van der Waals surface area contributed by atoms with Gasteiger partial charge in [0.05, 0.1) is 6.61 Å². The molecule has 80 valence electrons. The highest BCUT2D eigenvalue weighted by atomic mass is 16.3. The second-order valence-electron chi connectivity index (χ2n) is 3.95. The van der Waals surface area contributed by atoms with E-state index < -0.39 is 0 Å². The van der Waals surface area contributed by atoms with Crippen molar-refractivity contribution in [1.29, 1.82) is 0 Å². The Balaban J connectivity index is 2.64. The van der Waals surface area contributed by atoms with Gasteiger partial charge in [-0.3, -0.25) is 0 Å². The molecule has 0 aliphatic heterocycles. The summed E-state index contributed by atoms with van der Waals surface area (Å²) in [7, 11) is 0. The number of aromatic nitrogens is 1. The minimum Gasteiger partial charge on any atom is -0.395 e. The Labute approximate surface area is 90.2 Å². The fraction of sp³-hybridized carbons (Fsp3) is 0.385. The molecule has 2 heteroatoms. The Kier molecular flexibility index (Phi) is 2.78. The maximum atomic E-state index is 9.01. The van der Waals surface area contributed by atoms with E-state index in [2.05, 4.69) is 42.8 Å². The van der Waals surface area contributed by atoms with Crippen LogP contribution in [0.3, 0.4) is 0 Å². The third kappa shape index (κ3) is 1.77. The lowest BCUT2D eigenvalue weighted by atomic mass is 10.1. The summed E-state index contributed by atoms with van der Waals surface area (Å²) in [6.07, 6.45) is 3.19. The Morgan fingerprint density at radius 2 is 2.13 bits per heavy atom. The Morgan fingerprint density at radius 3 is 2.80 bits per heavy atom. The standard InChI is InChI=1S/C13H17NO/c1-3-11-9-14(6-7-15)13-8-10(2)4-5-12(11)13/h4-5,8-9,15H,3,6-7H2,1-2H3. The fourth-order valence-electron chi connectivity index (χ4n) is 2.05. The number of nitrogens with zero attached hydrogens (tertiary/aromatic N) is 1. The summed E-state index contributed by atoms with van der Waals surface area (Å²) >= 11 is 0. The van der Waals surface area contributed by atoms with E-state index in [9.17, 15) is 0 Å². The molecule has 0 fully saturated rings. The van der Waals surface area contributed by atoms with Gasteiger partial charge in [0.15, 0.2) is 0 Å². The number of benzene rings is 1. The molecule has 2 nitrogen and oxygen atoms in total. The lowest BCUT2D eigenvalue weighted by Crippen LogP contribution is -1.99. The molecule has 0 saturated heterocycles. The van der Waals surface area contributed by atoms with Gasteiger partial charge in [0.25, 0.3) is 0 Å². The van der Waals surface area contributed by atoms with Crippen LogP contribution in [0.1, 0.15) is 18.1 Å². The molecule has 0 amide bonds. The van der Waals surface area contributed by atoms with E-state index >= 15 is 0 Å². The zero-order valence-electron chi connectivity index (χ0n) is 9.33. The molecule has 1 aromatic carbocycles. The van der Waals surface area contributed by atoms with Gasteiger partial charge in [-0.2, -0.15) is 0 Å². The monoisotopic (exact) mass is 203 g/mol. The summed E-state index contributed by atoms with van der Waals surface area (Å²) in [6, 6.07) is 6.51. The lowest BCUT2D eigenvalue weighted by Gasteiger charge is -2.02. The van der Waals surface area contributed by atoms with Crippen LogP contribution in [0.2, 0.25) is 0 Å². The van der Waals surface area contributed by atoms with Crippen LogP contribution >= 0.6 is 0 Å². The SMILES string of the molecule is CCc1cn(CCO)c2cc(C)ccc12. The molecule has 2 rings (SSSR count). The van der Waals surface area contributed by atoms with Crippen molar-refractivity contribution in [1.82, 2.24) is 4.57 Å². The molecule has 0 atom stereocenters. The Bertz CT molecular complexity index is 471. The van der Waals surface area contributed by atoms with Crippen LogP contribution in [0.5, 0.6) is 0 Å². The van der Waals surface area contributed by atoms with E-state index in [4.69, 9.17) is 5.11 Å². The van der Waals surface area contributed by atoms with Crippen molar-refractivity contribution in [3.63, 3.8) is 0 Å². The zero-order chi connectivity index (χ0) is 10.8. The molecule has 0 aliphatic carbocycles. The second kappa shape index (κ2) is 4.07. The van der Waals surface area contributed by atoms with Crippen molar-refractivity contribution in [3.8, 4) is 0 Å². The number of hydrogen-bond donors (Lipinski definition) is 1. The van der Waals surface area contributed by atoms with Gasteiger partial charge in [0, 0.05) is 23.6 Å². The van der Waals surface area contributed by atoms with Crippen molar-refractivity contribution in [2.45, 2.75) is 26.8 Å². The molecule has 15 heavy (non-hydrogen) atoms. The fourth-order valence-corrected chi connectivity index (χ4v) is 2.05. The van der Waals surface area contributed by atoms with Crippen LogP contribution in [0.25, 0.3) is 10.9 Å². The van der Waals surface area contributed by atoms with Gasteiger partial charge in [-0.15, -0.1) is 0 Å². The van der Waals surface area contributed by atoms with Crippen LogP contribution < -0.4 is 0 Å². The highest BCUT2D eigenvalue weighted by Crippen LogP contribution is 2.22. The summed E-state index contributed by atoms with van der Waals surface area (Å²) in [5.41, 5.74) is 3.86. The molecule has 0 bridgehead atoms. The second-order valence-corrected chi connectivity index (χ2v) is 3.95. The maximum absolute atomic E-state index is 9.01. The predicted molar refractivity (Wildman–Crippen MR) is 63.1 cm³/mol. The van der Waals surface area contributed by atoms with Gasteiger partial charge in [-0.05, 0) is 30.5 Å². The molecule has 1 aromatic heterocycles. The minimum atomic E-state index is 0.195. The van der Waals surface area contributed by atoms with Crippen LogP contribution in [0, 0.1) is 6.92 Å². The van der Waals surface area contributed by atoms with Gasteiger partial charge in [0.2, 0.25) is 0 Å². The van der Waals surface area contributed by atoms with Crippen molar-refractivity contribution < 1.29 is 5.11 Å². The largest absolute Gasteiger partial charge is 0.395 e. The molecule has 1 heterocycles. The molecule has 0 unspecified atom stereocenters. The summed E-state index contributed by atoms with van der Waals surface area (Å²) < 4.78 is 2.14. The number of hydrogen-bond acceptors (Lipinski definition) is 1. The summed E-state index contributed by atoms with van der Waals surface area (Å²) in [5, 5.41) is 10.3. The average Bonchev–Trinajstić information content (AvgIpc) is 2.57. The zero-order valence-corrected chi connectivity index (χ0v) is 9.33. The Hall–Kier alpha value is -1.28. The molecular weight excluding hydrogens is 186 g/mol. The quantitative estimate of drug-likeness (QED) is 0.814. The smallest absolute Gasteiger partial charge is 0.0610 e. The van der Waals surface area contributed by atoms with Crippen molar-refractivity contribution >= 4 is 10.9 Å². The van der Waals surface area contributed by atoms with Crippen LogP contribution in [-0.2, 0) is 13.0 Å². The van der Waals surface area contributed by atoms with Gasteiger partial charge in [-0.1, -0.05) is 19.1 Å². The predicted octanol–water partition coefficient (Wildman–Crippen LogP) is 2.50. The number of aryl methyl sites for hydroxylation is 2. The molecule has 0 spiro atoms. The molecule has 2 aromatic rings. The van der Waals surface area contributed by atoms with Crippen LogP contribution in [-0.4, -0.2) is 16.3 Å². The highest BCUT2D eigenvalue weighted by Gasteiger charge is 2.06. The van der Waals surface area contributed by atoms with Gasteiger partial charge in [-0.25, -0.2) is 0 Å². The third-order valence-electron chi connectivity index (χ3n) is 2.84. The van der Waals surface area contributed by atoms with E-state index in [-0.39, 0.29) is 6.61 Å². The van der Waals surface area contributed by atoms with Gasteiger partial charge >= 0.3 is 0 Å². The number of fused-ring (bicyclic) bond motifs is 1. The first-order valence-corrected chi connectivity index (χ1v) is 5.45. The number of rotatable bonds is 3. The van der Waals surface area contributed by atoms with E-state index in [1.54, 1.807) is 0 Å². The summed E-state index contributed by atoms with van der Waals surface area (Å²) in [4.78, 5) is 0. The normalized spacial score (nSPS) is 11.1. The first-order valence-electron chi connectivity index (χ1n) is 5.45. The highest BCUT2D eigenvalue weighted by molar-refractivity contribution is 5.84. The van der Waals surface area contributed by atoms with E-state index in [1.165, 1.54) is 22.0 Å². The minimum absolute atomic E-state index is 0.195. The topological polar surface area (TPSA) is 25.2 Å². The Morgan fingerprint density at radius 1 is 1.33 bits per heavy atom. The number of aliphatic hydroxyl groups is 1. The molecule has 1 N–H and O–H groups in total. The van der Waals surface area contributed by atoms with E-state index in [1.807, 2.05) is 0 Å². The average molecular weight is 203 g/mol. The first-order chi connectivity index (χ1) is 7.26. The van der Waals surface area contributed by atoms with Crippen LogP contribution in [0.4, 0.5) is 0 Å². The van der Waals surface area contributed by atoms with Crippen molar-refractivity contribution in [2.24, 2.45) is 0 Å². The summed E-state index contributed by atoms with van der Waals surface area (Å²) in [5.74, 6) is 0. The van der Waals surface area contributed by atoms with Crippen LogP contribution in [0.15, 0.2) is 24.4 Å². The molecular formula is C13H17NO. The van der Waals surface area contributed by atoms with E-state index in [0.29, 0.717) is 6.54 Å². The van der Waals surface area contributed by atoms with Gasteiger partial charge in [0.1, 0.15) is 0 Å². The first kappa shape index (κ1) is 10.2. The number of aliphatic hydroxyl groups excluding tert-OH is 1. The summed E-state index contributed by atoms with van der Waals surface area (Å²) in [6.45, 7) is 5.14. The molecule has 0 saturated carbocycles. The maximum Gasteiger partial charge on any atom is 0.0610 e. The lowest BCUT2D eigenvalue weighted by molar-refractivity contribution is 0.278. The van der Waals surface area contributed by atoms with Crippen molar-refractivity contribution in [2.75, 3.05) is 6.61 Å². The third-order valence-corrected chi connectivity index (χ3v) is 2.84. The molecule has 0 radical (unpaired) electrons. The molecule has 0 aliphatic rings. The van der Waals surface area contributed by atoms with Crippen molar-refractivity contribution in [3.05, 3.63) is 35.5 Å². The van der Waals surface area contributed by atoms with E-state index in [0.717, 1.165) is 6.42 Å².